The number of benzene rings is 1. The normalized spacial score (nSPS) is 22.8. The molecule has 6 nitrogen and oxygen atoms in total. The lowest BCUT2D eigenvalue weighted by Gasteiger charge is -2.44. The van der Waals surface area contributed by atoms with Crippen molar-refractivity contribution in [1.29, 1.82) is 0 Å². The van der Waals surface area contributed by atoms with Crippen molar-refractivity contribution in [2.24, 2.45) is 5.41 Å². The molecular weight excluding hydrogens is 286 g/mol. The van der Waals surface area contributed by atoms with E-state index in [0.29, 0.717) is 6.61 Å². The summed E-state index contributed by atoms with van der Waals surface area (Å²) in [5, 5.41) is 11.8. The molecule has 22 heavy (non-hydrogen) atoms. The van der Waals surface area contributed by atoms with Crippen LogP contribution in [0.5, 0.6) is 0 Å². The molecule has 1 aromatic rings. The monoisotopic (exact) mass is 307 g/mol. The summed E-state index contributed by atoms with van der Waals surface area (Å²) in [6.45, 7) is 7.60. The van der Waals surface area contributed by atoms with Crippen LogP contribution in [-0.2, 0) is 14.3 Å². The SMILES string of the molecule is CC1(C)OCC(C)(C)C(C(=O)Nc2ccccc2C(=O)O)O1. The van der Waals surface area contributed by atoms with Crippen LogP contribution in [0, 0.1) is 5.41 Å². The maximum atomic E-state index is 12.6. The zero-order valence-electron chi connectivity index (χ0n) is 13.2. The number of rotatable bonds is 3. The van der Waals surface area contributed by atoms with Crippen LogP contribution in [0.3, 0.4) is 0 Å². The summed E-state index contributed by atoms with van der Waals surface area (Å²) in [5.74, 6) is -2.33. The first-order chi connectivity index (χ1) is 10.1. The van der Waals surface area contributed by atoms with Crippen molar-refractivity contribution in [2.45, 2.75) is 39.6 Å². The molecule has 1 aromatic carbocycles. The van der Waals surface area contributed by atoms with Crippen LogP contribution in [0.1, 0.15) is 38.1 Å². The lowest BCUT2D eigenvalue weighted by Crippen LogP contribution is -2.55. The van der Waals surface area contributed by atoms with E-state index in [2.05, 4.69) is 5.32 Å². The number of carbonyl (C=O) groups excluding carboxylic acids is 1. The molecule has 0 saturated carbocycles. The Morgan fingerprint density at radius 1 is 1.23 bits per heavy atom. The number of amides is 1. The zero-order valence-corrected chi connectivity index (χ0v) is 13.2. The Balaban J connectivity index is 2.23. The molecule has 1 aliphatic rings. The molecule has 2 N–H and O–H groups in total. The number of para-hydroxylation sites is 1. The Hall–Kier alpha value is -1.92. The van der Waals surface area contributed by atoms with Gasteiger partial charge < -0.3 is 19.9 Å². The summed E-state index contributed by atoms with van der Waals surface area (Å²) >= 11 is 0. The molecular formula is C16H21NO5. The Bertz CT molecular complexity index is 594. The summed E-state index contributed by atoms with van der Waals surface area (Å²) < 4.78 is 11.3. The van der Waals surface area contributed by atoms with Gasteiger partial charge in [-0.15, -0.1) is 0 Å². The number of anilines is 1. The molecule has 1 atom stereocenters. The number of carbonyl (C=O) groups is 2. The molecule has 1 amide bonds. The quantitative estimate of drug-likeness (QED) is 0.896. The molecule has 6 heteroatoms. The van der Waals surface area contributed by atoms with Gasteiger partial charge in [0.05, 0.1) is 17.9 Å². The Morgan fingerprint density at radius 2 is 1.86 bits per heavy atom. The van der Waals surface area contributed by atoms with Crippen LogP contribution >= 0.6 is 0 Å². The minimum atomic E-state index is -1.09. The lowest BCUT2D eigenvalue weighted by atomic mass is 9.85. The van der Waals surface area contributed by atoms with E-state index in [0.717, 1.165) is 0 Å². The predicted molar refractivity (Wildman–Crippen MR) is 80.7 cm³/mol. The maximum Gasteiger partial charge on any atom is 0.337 e. The number of carboxylic acid groups (broad SMARTS) is 1. The van der Waals surface area contributed by atoms with Gasteiger partial charge in [-0.3, -0.25) is 4.79 Å². The molecule has 0 spiro atoms. The minimum Gasteiger partial charge on any atom is -0.478 e. The van der Waals surface area contributed by atoms with Gasteiger partial charge in [-0.2, -0.15) is 0 Å². The van der Waals surface area contributed by atoms with Gasteiger partial charge in [-0.05, 0) is 26.0 Å². The number of hydrogen-bond acceptors (Lipinski definition) is 4. The summed E-state index contributed by atoms with van der Waals surface area (Å²) in [6.07, 6.45) is -0.738. The van der Waals surface area contributed by atoms with Gasteiger partial charge in [0.25, 0.3) is 5.91 Å². The van der Waals surface area contributed by atoms with E-state index in [9.17, 15) is 14.7 Å². The fourth-order valence-electron chi connectivity index (χ4n) is 2.30. The van der Waals surface area contributed by atoms with Crippen molar-refractivity contribution >= 4 is 17.6 Å². The molecule has 0 bridgehead atoms. The predicted octanol–water partition coefficient (Wildman–Crippen LogP) is 2.50. The van der Waals surface area contributed by atoms with Gasteiger partial charge in [-0.1, -0.05) is 26.0 Å². The van der Waals surface area contributed by atoms with E-state index in [-0.39, 0.29) is 17.2 Å². The highest BCUT2D eigenvalue weighted by Crippen LogP contribution is 2.35. The van der Waals surface area contributed by atoms with E-state index in [1.165, 1.54) is 6.07 Å². The summed E-state index contributed by atoms with van der Waals surface area (Å²) in [5.41, 5.74) is -0.221. The molecule has 1 fully saturated rings. The summed E-state index contributed by atoms with van der Waals surface area (Å²) in [4.78, 5) is 23.8. The molecule has 1 saturated heterocycles. The average Bonchev–Trinajstić information content (AvgIpc) is 2.42. The average molecular weight is 307 g/mol. The number of hydrogen-bond donors (Lipinski definition) is 2. The highest BCUT2D eigenvalue weighted by atomic mass is 16.7. The van der Waals surface area contributed by atoms with Gasteiger partial charge in [0, 0.05) is 5.41 Å². The van der Waals surface area contributed by atoms with Crippen molar-refractivity contribution in [3.05, 3.63) is 29.8 Å². The van der Waals surface area contributed by atoms with E-state index in [4.69, 9.17) is 9.47 Å². The van der Waals surface area contributed by atoms with E-state index >= 15 is 0 Å². The number of aromatic carboxylic acids is 1. The molecule has 120 valence electrons. The topological polar surface area (TPSA) is 84.9 Å². The van der Waals surface area contributed by atoms with Gasteiger partial charge in [0.2, 0.25) is 0 Å². The molecule has 0 aliphatic carbocycles. The largest absolute Gasteiger partial charge is 0.478 e. The Morgan fingerprint density at radius 3 is 2.50 bits per heavy atom. The molecule has 0 aromatic heterocycles. The smallest absolute Gasteiger partial charge is 0.337 e. The van der Waals surface area contributed by atoms with E-state index < -0.39 is 23.3 Å². The van der Waals surface area contributed by atoms with Crippen LogP contribution < -0.4 is 5.32 Å². The van der Waals surface area contributed by atoms with Crippen LogP contribution in [0.25, 0.3) is 0 Å². The van der Waals surface area contributed by atoms with E-state index in [1.807, 2.05) is 13.8 Å². The first-order valence-corrected chi connectivity index (χ1v) is 7.07. The fraction of sp³-hybridized carbons (Fsp3) is 0.500. The van der Waals surface area contributed by atoms with Gasteiger partial charge in [0.1, 0.15) is 6.10 Å². The Kier molecular flexibility index (Phi) is 4.26. The van der Waals surface area contributed by atoms with Crippen molar-refractivity contribution in [2.75, 3.05) is 11.9 Å². The van der Waals surface area contributed by atoms with Crippen LogP contribution in [0.4, 0.5) is 5.69 Å². The van der Waals surface area contributed by atoms with Gasteiger partial charge >= 0.3 is 5.97 Å². The van der Waals surface area contributed by atoms with E-state index in [1.54, 1.807) is 32.0 Å². The second-order valence-electron chi connectivity index (χ2n) is 6.51. The van der Waals surface area contributed by atoms with Gasteiger partial charge in [-0.25, -0.2) is 4.79 Å². The molecule has 2 rings (SSSR count). The third kappa shape index (κ3) is 3.45. The fourth-order valence-corrected chi connectivity index (χ4v) is 2.30. The first kappa shape index (κ1) is 16.5. The highest BCUT2D eigenvalue weighted by molar-refractivity contribution is 6.02. The third-order valence-corrected chi connectivity index (χ3v) is 3.56. The van der Waals surface area contributed by atoms with Crippen molar-refractivity contribution in [3.8, 4) is 0 Å². The molecule has 1 heterocycles. The van der Waals surface area contributed by atoms with Crippen molar-refractivity contribution in [1.82, 2.24) is 0 Å². The molecule has 1 aliphatic heterocycles. The van der Waals surface area contributed by atoms with Crippen LogP contribution in [-0.4, -0.2) is 35.5 Å². The summed E-state index contributed by atoms with van der Waals surface area (Å²) in [7, 11) is 0. The second kappa shape index (κ2) is 5.70. The molecule has 1 unspecified atom stereocenters. The van der Waals surface area contributed by atoms with Crippen molar-refractivity contribution < 1.29 is 24.2 Å². The maximum absolute atomic E-state index is 12.6. The van der Waals surface area contributed by atoms with Gasteiger partial charge in [0.15, 0.2) is 5.79 Å². The summed E-state index contributed by atoms with van der Waals surface area (Å²) in [6, 6.07) is 6.27. The number of carboxylic acids is 1. The lowest BCUT2D eigenvalue weighted by molar-refractivity contribution is -0.303. The zero-order chi connectivity index (χ0) is 16.5. The minimum absolute atomic E-state index is 0.0416. The second-order valence-corrected chi connectivity index (χ2v) is 6.51. The highest BCUT2D eigenvalue weighted by Gasteiger charge is 2.45. The Labute approximate surface area is 129 Å². The number of nitrogens with one attached hydrogen (secondary N) is 1. The van der Waals surface area contributed by atoms with Crippen LogP contribution in [0.2, 0.25) is 0 Å². The third-order valence-electron chi connectivity index (χ3n) is 3.56. The standard InChI is InChI=1S/C16H21NO5/c1-15(2)9-21-16(3,4)22-12(15)13(18)17-11-8-6-5-7-10(11)14(19)20/h5-8,12H,9H2,1-4H3,(H,17,18)(H,19,20). The molecule has 0 radical (unpaired) electrons. The first-order valence-electron chi connectivity index (χ1n) is 7.07. The van der Waals surface area contributed by atoms with Crippen LogP contribution in [0.15, 0.2) is 24.3 Å². The van der Waals surface area contributed by atoms with Crippen molar-refractivity contribution in [3.63, 3.8) is 0 Å². The number of ether oxygens (including phenoxy) is 2.